The number of piperidine rings is 1. The number of nitrogens with zero attached hydrogens (tertiary/aromatic N) is 1. The van der Waals surface area contributed by atoms with E-state index in [1.165, 1.54) is 31.4 Å². The summed E-state index contributed by atoms with van der Waals surface area (Å²) in [4.78, 5) is 4.01. The van der Waals surface area contributed by atoms with Crippen molar-refractivity contribution in [1.82, 2.24) is 4.90 Å². The molecule has 2 rings (SSSR count). The average Bonchev–Trinajstić information content (AvgIpc) is 2.52. The molecule has 1 fully saturated rings. The highest BCUT2D eigenvalue weighted by molar-refractivity contribution is 7.80. The van der Waals surface area contributed by atoms with E-state index in [0.717, 1.165) is 35.8 Å². The Labute approximate surface area is 147 Å². The molecule has 0 radical (unpaired) electrons. The van der Waals surface area contributed by atoms with Crippen molar-refractivity contribution in [1.29, 1.82) is 0 Å². The zero-order chi connectivity index (χ0) is 16.8. The fourth-order valence-electron chi connectivity index (χ4n) is 3.22. The molecule has 1 aromatic carbocycles. The largest absolute Gasteiger partial charge is 0.349 e. The van der Waals surface area contributed by atoms with Crippen molar-refractivity contribution in [2.24, 2.45) is 5.92 Å². The predicted molar refractivity (Wildman–Crippen MR) is 103 cm³/mol. The molecular formula is C19H32N3S+. The van der Waals surface area contributed by atoms with Crippen molar-refractivity contribution in [3.05, 3.63) is 29.8 Å². The molecule has 0 saturated carbocycles. The van der Waals surface area contributed by atoms with E-state index in [9.17, 15) is 0 Å². The summed E-state index contributed by atoms with van der Waals surface area (Å²) >= 11 is 5.60. The van der Waals surface area contributed by atoms with Gasteiger partial charge in [-0.1, -0.05) is 26.0 Å². The minimum atomic E-state index is 0.784. The first kappa shape index (κ1) is 18.2. The molecule has 23 heavy (non-hydrogen) atoms. The van der Waals surface area contributed by atoms with Gasteiger partial charge in [-0.3, -0.25) is 0 Å². The standard InChI is InChI=1S/C19H31N3S/c1-15(2)8-11-21(4)18-9-12-22(13-10-18)19(23)20-17-7-5-6-16(3)14-17/h5-7,14-15,18H,8-13H2,1-4H3,(H,20,23)/p+1. The van der Waals surface area contributed by atoms with Crippen molar-refractivity contribution in [3.63, 3.8) is 0 Å². The lowest BCUT2D eigenvalue weighted by atomic mass is 10.0. The summed E-state index contributed by atoms with van der Waals surface area (Å²) in [5.74, 6) is 0.802. The molecule has 128 valence electrons. The molecule has 1 unspecified atom stereocenters. The van der Waals surface area contributed by atoms with E-state index in [1.807, 2.05) is 0 Å². The molecule has 0 bridgehead atoms. The van der Waals surface area contributed by atoms with Gasteiger partial charge in [-0.15, -0.1) is 0 Å². The Balaban J connectivity index is 1.78. The van der Waals surface area contributed by atoms with E-state index in [2.05, 4.69) is 62.3 Å². The van der Waals surface area contributed by atoms with E-state index in [4.69, 9.17) is 12.2 Å². The van der Waals surface area contributed by atoms with Crippen LogP contribution in [-0.4, -0.2) is 42.7 Å². The van der Waals surface area contributed by atoms with E-state index in [1.54, 1.807) is 4.90 Å². The number of anilines is 1. The third-order valence-electron chi connectivity index (χ3n) is 4.86. The van der Waals surface area contributed by atoms with Crippen LogP contribution in [0.15, 0.2) is 24.3 Å². The smallest absolute Gasteiger partial charge is 0.173 e. The lowest BCUT2D eigenvalue weighted by Gasteiger charge is -2.36. The number of benzene rings is 1. The topological polar surface area (TPSA) is 19.7 Å². The fraction of sp³-hybridized carbons (Fsp3) is 0.632. The maximum absolute atomic E-state index is 5.60. The van der Waals surface area contributed by atoms with Gasteiger partial charge in [-0.2, -0.15) is 0 Å². The first-order valence-electron chi connectivity index (χ1n) is 8.90. The molecule has 0 amide bonds. The second-order valence-electron chi connectivity index (χ2n) is 7.34. The van der Waals surface area contributed by atoms with Crippen LogP contribution in [0.25, 0.3) is 0 Å². The number of aryl methyl sites for hydroxylation is 1. The highest BCUT2D eigenvalue weighted by atomic mass is 32.1. The number of nitrogens with one attached hydrogen (secondary N) is 2. The molecular weight excluding hydrogens is 302 g/mol. The first-order chi connectivity index (χ1) is 11.0. The molecule has 2 N–H and O–H groups in total. The summed E-state index contributed by atoms with van der Waals surface area (Å²) in [7, 11) is 2.35. The Morgan fingerprint density at radius 1 is 1.35 bits per heavy atom. The Kier molecular flexibility index (Phi) is 6.85. The van der Waals surface area contributed by atoms with E-state index < -0.39 is 0 Å². The van der Waals surface area contributed by atoms with Crippen molar-refractivity contribution < 1.29 is 4.90 Å². The monoisotopic (exact) mass is 334 g/mol. The van der Waals surface area contributed by atoms with Gasteiger partial charge in [0.25, 0.3) is 0 Å². The second-order valence-corrected chi connectivity index (χ2v) is 7.73. The van der Waals surface area contributed by atoms with Crippen LogP contribution in [0.5, 0.6) is 0 Å². The van der Waals surface area contributed by atoms with Crippen LogP contribution >= 0.6 is 12.2 Å². The predicted octanol–water partition coefficient (Wildman–Crippen LogP) is 2.72. The Morgan fingerprint density at radius 3 is 2.65 bits per heavy atom. The SMILES string of the molecule is Cc1cccc(NC(=S)N2CCC([NH+](C)CCC(C)C)CC2)c1. The van der Waals surface area contributed by atoms with Gasteiger partial charge < -0.3 is 15.1 Å². The second kappa shape index (κ2) is 8.65. The van der Waals surface area contributed by atoms with Gasteiger partial charge in [0, 0.05) is 31.6 Å². The van der Waals surface area contributed by atoms with Gasteiger partial charge in [0.05, 0.1) is 19.6 Å². The number of hydrogen-bond donors (Lipinski definition) is 2. The van der Waals surface area contributed by atoms with Crippen molar-refractivity contribution in [2.45, 2.75) is 46.1 Å². The summed E-state index contributed by atoms with van der Waals surface area (Å²) in [6.07, 6.45) is 3.79. The van der Waals surface area contributed by atoms with Gasteiger partial charge in [-0.05, 0) is 49.2 Å². The van der Waals surface area contributed by atoms with Crippen molar-refractivity contribution in [2.75, 3.05) is 32.0 Å². The Bertz CT molecular complexity index is 507. The van der Waals surface area contributed by atoms with Gasteiger partial charge in [0.2, 0.25) is 0 Å². The van der Waals surface area contributed by atoms with Crippen LogP contribution in [0, 0.1) is 12.8 Å². The van der Waals surface area contributed by atoms with Gasteiger partial charge >= 0.3 is 0 Å². The minimum absolute atomic E-state index is 0.784. The molecule has 1 aromatic rings. The van der Waals surface area contributed by atoms with Crippen LogP contribution in [0.4, 0.5) is 5.69 Å². The zero-order valence-electron chi connectivity index (χ0n) is 15.1. The van der Waals surface area contributed by atoms with Crippen LogP contribution in [0.2, 0.25) is 0 Å². The molecule has 0 aliphatic carbocycles. The molecule has 3 nitrogen and oxygen atoms in total. The summed E-state index contributed by atoms with van der Waals surface area (Å²) < 4.78 is 0. The molecule has 1 heterocycles. The average molecular weight is 335 g/mol. The quantitative estimate of drug-likeness (QED) is 0.808. The summed E-state index contributed by atoms with van der Waals surface area (Å²) in [6, 6.07) is 9.18. The molecule has 1 atom stereocenters. The number of thiocarbonyl (C=S) groups is 1. The number of hydrogen-bond acceptors (Lipinski definition) is 1. The maximum Gasteiger partial charge on any atom is 0.173 e. The van der Waals surface area contributed by atoms with Gasteiger partial charge in [0.15, 0.2) is 5.11 Å². The normalized spacial score (nSPS) is 17.3. The van der Waals surface area contributed by atoms with E-state index in [0.29, 0.717) is 0 Å². The zero-order valence-corrected chi connectivity index (χ0v) is 15.9. The summed E-state index contributed by atoms with van der Waals surface area (Å²) in [5, 5.41) is 4.26. The van der Waals surface area contributed by atoms with Crippen LogP contribution in [0.3, 0.4) is 0 Å². The van der Waals surface area contributed by atoms with Crippen LogP contribution < -0.4 is 10.2 Å². The van der Waals surface area contributed by atoms with Gasteiger partial charge in [0.1, 0.15) is 0 Å². The molecule has 4 heteroatoms. The number of likely N-dealkylation sites (tertiary alicyclic amines) is 1. The van der Waals surface area contributed by atoms with Crippen LogP contribution in [-0.2, 0) is 0 Å². The fourth-order valence-corrected chi connectivity index (χ4v) is 3.52. The van der Waals surface area contributed by atoms with E-state index >= 15 is 0 Å². The lowest BCUT2D eigenvalue weighted by molar-refractivity contribution is -0.907. The number of rotatable bonds is 5. The highest BCUT2D eigenvalue weighted by Gasteiger charge is 2.26. The van der Waals surface area contributed by atoms with Crippen molar-refractivity contribution in [3.8, 4) is 0 Å². The first-order valence-corrected chi connectivity index (χ1v) is 9.31. The Hall–Kier alpha value is -1.13. The maximum atomic E-state index is 5.60. The molecule has 1 saturated heterocycles. The minimum Gasteiger partial charge on any atom is -0.349 e. The van der Waals surface area contributed by atoms with Gasteiger partial charge in [-0.25, -0.2) is 0 Å². The number of quaternary nitrogens is 1. The third kappa shape index (κ3) is 5.78. The van der Waals surface area contributed by atoms with Crippen molar-refractivity contribution >= 4 is 23.0 Å². The molecule has 0 aromatic heterocycles. The molecule has 1 aliphatic heterocycles. The summed E-state index contributed by atoms with van der Waals surface area (Å²) in [5.41, 5.74) is 2.35. The Morgan fingerprint density at radius 2 is 2.04 bits per heavy atom. The summed E-state index contributed by atoms with van der Waals surface area (Å²) in [6.45, 7) is 10.2. The lowest BCUT2D eigenvalue weighted by Crippen LogP contribution is -3.13. The van der Waals surface area contributed by atoms with Crippen LogP contribution in [0.1, 0.15) is 38.7 Å². The van der Waals surface area contributed by atoms with E-state index in [-0.39, 0.29) is 0 Å². The third-order valence-corrected chi connectivity index (χ3v) is 5.22. The molecule has 1 aliphatic rings. The highest BCUT2D eigenvalue weighted by Crippen LogP contribution is 2.14. The molecule has 0 spiro atoms.